The van der Waals surface area contributed by atoms with Gasteiger partial charge in [0.25, 0.3) is 0 Å². The number of rotatable bonds is 2. The lowest BCUT2D eigenvalue weighted by Gasteiger charge is -2.22. The van der Waals surface area contributed by atoms with Gasteiger partial charge in [-0.2, -0.15) is 0 Å². The van der Waals surface area contributed by atoms with Gasteiger partial charge in [0.1, 0.15) is 0 Å². The van der Waals surface area contributed by atoms with Crippen molar-refractivity contribution < 1.29 is 9.59 Å². The molecule has 0 aromatic heterocycles. The Labute approximate surface area is 102 Å². The lowest BCUT2D eigenvalue weighted by atomic mass is 10.1. The molecule has 1 saturated carbocycles. The fourth-order valence-corrected chi connectivity index (χ4v) is 2.13. The molecule has 0 bridgehead atoms. The fourth-order valence-electron chi connectivity index (χ4n) is 2.13. The predicted molar refractivity (Wildman–Crippen MR) is 64.6 cm³/mol. The minimum Gasteiger partial charge on any atom is -0.338 e. The Morgan fingerprint density at radius 1 is 1.35 bits per heavy atom. The second-order valence-electron chi connectivity index (χ2n) is 6.03. The molecule has 1 aliphatic carbocycles. The SMILES string of the molecule is CC(C)(C)NC(=O)NC1CC(=O)N(C2CC2)C1. The first kappa shape index (κ1) is 12.2. The molecule has 2 rings (SSSR count). The van der Waals surface area contributed by atoms with Crippen molar-refractivity contribution in [1.29, 1.82) is 0 Å². The standard InChI is InChI=1S/C12H21N3O2/c1-12(2,3)14-11(17)13-8-6-10(16)15(7-8)9-4-5-9/h8-9H,4-7H2,1-3H3,(H2,13,14,17). The molecule has 17 heavy (non-hydrogen) atoms. The number of urea groups is 1. The van der Waals surface area contributed by atoms with Gasteiger partial charge in [0.15, 0.2) is 0 Å². The highest BCUT2D eigenvalue weighted by Gasteiger charge is 2.39. The van der Waals surface area contributed by atoms with Gasteiger partial charge in [-0.1, -0.05) is 0 Å². The molecule has 0 spiro atoms. The number of hydrogen-bond donors (Lipinski definition) is 2. The number of nitrogens with zero attached hydrogens (tertiary/aromatic N) is 1. The molecule has 3 amide bonds. The fraction of sp³-hybridized carbons (Fsp3) is 0.833. The quantitative estimate of drug-likeness (QED) is 0.750. The van der Waals surface area contributed by atoms with Crippen LogP contribution in [0.25, 0.3) is 0 Å². The van der Waals surface area contributed by atoms with E-state index in [1.54, 1.807) is 0 Å². The van der Waals surface area contributed by atoms with Crippen molar-refractivity contribution in [3.05, 3.63) is 0 Å². The monoisotopic (exact) mass is 239 g/mol. The van der Waals surface area contributed by atoms with Crippen LogP contribution < -0.4 is 10.6 Å². The third-order valence-corrected chi connectivity index (χ3v) is 2.97. The van der Waals surface area contributed by atoms with E-state index in [-0.39, 0.29) is 23.5 Å². The summed E-state index contributed by atoms with van der Waals surface area (Å²) in [5, 5.41) is 5.71. The Morgan fingerprint density at radius 2 is 2.00 bits per heavy atom. The number of likely N-dealkylation sites (tertiary alicyclic amines) is 1. The molecule has 2 aliphatic rings. The van der Waals surface area contributed by atoms with Gasteiger partial charge < -0.3 is 15.5 Å². The Bertz CT molecular complexity index is 331. The second kappa shape index (κ2) is 4.20. The normalized spacial score (nSPS) is 25.0. The average Bonchev–Trinajstić information content (AvgIpc) is 2.89. The van der Waals surface area contributed by atoms with Gasteiger partial charge >= 0.3 is 6.03 Å². The highest BCUT2D eigenvalue weighted by Crippen LogP contribution is 2.30. The van der Waals surface area contributed by atoms with E-state index in [0.717, 1.165) is 12.8 Å². The van der Waals surface area contributed by atoms with Crippen LogP contribution in [-0.2, 0) is 4.79 Å². The van der Waals surface area contributed by atoms with Gasteiger partial charge in [0.05, 0.1) is 6.04 Å². The number of hydrogen-bond acceptors (Lipinski definition) is 2. The Balaban J connectivity index is 1.80. The zero-order valence-electron chi connectivity index (χ0n) is 10.7. The Hall–Kier alpha value is -1.26. The molecular formula is C12H21N3O2. The molecular weight excluding hydrogens is 218 g/mol. The summed E-state index contributed by atoms with van der Waals surface area (Å²) in [5.41, 5.74) is -0.247. The first-order chi connectivity index (χ1) is 7.85. The van der Waals surface area contributed by atoms with Crippen LogP contribution in [0.5, 0.6) is 0 Å². The number of carbonyl (C=O) groups is 2. The molecule has 1 unspecified atom stereocenters. The molecule has 1 aliphatic heterocycles. The summed E-state index contributed by atoms with van der Waals surface area (Å²) in [6, 6.07) is 0.221. The van der Waals surface area contributed by atoms with Crippen molar-refractivity contribution in [3.63, 3.8) is 0 Å². The first-order valence-electron chi connectivity index (χ1n) is 6.23. The van der Waals surface area contributed by atoms with Crippen molar-refractivity contribution in [3.8, 4) is 0 Å². The molecule has 5 nitrogen and oxygen atoms in total. The van der Waals surface area contributed by atoms with Crippen LogP contribution in [0, 0.1) is 0 Å². The molecule has 5 heteroatoms. The summed E-state index contributed by atoms with van der Waals surface area (Å²) in [5.74, 6) is 0.175. The lowest BCUT2D eigenvalue weighted by molar-refractivity contribution is -0.128. The molecule has 2 N–H and O–H groups in total. The molecule has 0 aromatic rings. The van der Waals surface area contributed by atoms with E-state index in [0.29, 0.717) is 19.0 Å². The zero-order valence-corrected chi connectivity index (χ0v) is 10.7. The van der Waals surface area contributed by atoms with Crippen molar-refractivity contribution in [2.24, 2.45) is 0 Å². The van der Waals surface area contributed by atoms with Crippen molar-refractivity contribution in [1.82, 2.24) is 15.5 Å². The smallest absolute Gasteiger partial charge is 0.315 e. The average molecular weight is 239 g/mol. The van der Waals surface area contributed by atoms with E-state index in [9.17, 15) is 9.59 Å². The number of nitrogens with one attached hydrogen (secondary N) is 2. The van der Waals surface area contributed by atoms with Crippen LogP contribution >= 0.6 is 0 Å². The van der Waals surface area contributed by atoms with Gasteiger partial charge in [-0.15, -0.1) is 0 Å². The predicted octanol–water partition coefficient (Wildman–Crippen LogP) is 0.847. The van der Waals surface area contributed by atoms with E-state index in [2.05, 4.69) is 10.6 Å². The summed E-state index contributed by atoms with van der Waals surface area (Å²) in [6.45, 7) is 6.47. The highest BCUT2D eigenvalue weighted by molar-refractivity contribution is 5.82. The largest absolute Gasteiger partial charge is 0.338 e. The molecule has 96 valence electrons. The van der Waals surface area contributed by atoms with E-state index in [4.69, 9.17) is 0 Å². The van der Waals surface area contributed by atoms with Crippen LogP contribution in [0.4, 0.5) is 4.79 Å². The van der Waals surface area contributed by atoms with Crippen molar-refractivity contribution in [2.75, 3.05) is 6.54 Å². The van der Waals surface area contributed by atoms with Gasteiger partial charge in [-0.25, -0.2) is 4.79 Å². The Morgan fingerprint density at radius 3 is 2.53 bits per heavy atom. The zero-order chi connectivity index (χ0) is 12.6. The van der Waals surface area contributed by atoms with E-state index in [1.807, 2.05) is 25.7 Å². The minimum atomic E-state index is -0.247. The maximum atomic E-state index is 11.7. The van der Waals surface area contributed by atoms with Gasteiger partial charge in [0, 0.05) is 24.5 Å². The minimum absolute atomic E-state index is 0.0366. The lowest BCUT2D eigenvalue weighted by Crippen LogP contribution is -2.50. The summed E-state index contributed by atoms with van der Waals surface area (Å²) in [6.07, 6.45) is 2.67. The van der Waals surface area contributed by atoms with Gasteiger partial charge in [0.2, 0.25) is 5.91 Å². The summed E-state index contributed by atoms with van der Waals surface area (Å²) >= 11 is 0. The first-order valence-corrected chi connectivity index (χ1v) is 6.23. The van der Waals surface area contributed by atoms with Crippen molar-refractivity contribution in [2.45, 2.75) is 57.7 Å². The molecule has 1 atom stereocenters. The molecule has 2 fully saturated rings. The van der Waals surface area contributed by atoms with Crippen LogP contribution in [-0.4, -0.2) is 41.0 Å². The molecule has 0 radical (unpaired) electrons. The van der Waals surface area contributed by atoms with E-state index in [1.165, 1.54) is 0 Å². The van der Waals surface area contributed by atoms with E-state index < -0.39 is 0 Å². The maximum Gasteiger partial charge on any atom is 0.315 e. The van der Waals surface area contributed by atoms with Crippen LogP contribution in [0.15, 0.2) is 0 Å². The number of amides is 3. The summed E-state index contributed by atoms with van der Waals surface area (Å²) < 4.78 is 0. The highest BCUT2D eigenvalue weighted by atomic mass is 16.2. The third kappa shape index (κ3) is 3.35. The van der Waals surface area contributed by atoms with Crippen LogP contribution in [0.3, 0.4) is 0 Å². The van der Waals surface area contributed by atoms with Gasteiger partial charge in [-0.05, 0) is 33.6 Å². The van der Waals surface area contributed by atoms with Gasteiger partial charge in [-0.3, -0.25) is 4.79 Å². The molecule has 1 heterocycles. The maximum absolute atomic E-state index is 11.7. The summed E-state index contributed by atoms with van der Waals surface area (Å²) in [7, 11) is 0. The van der Waals surface area contributed by atoms with Crippen molar-refractivity contribution >= 4 is 11.9 Å². The number of carbonyl (C=O) groups excluding carboxylic acids is 2. The summed E-state index contributed by atoms with van der Waals surface area (Å²) in [4.78, 5) is 25.3. The molecule has 0 aromatic carbocycles. The molecule has 1 saturated heterocycles. The Kier molecular flexibility index (Phi) is 3.02. The van der Waals surface area contributed by atoms with Crippen LogP contribution in [0.2, 0.25) is 0 Å². The second-order valence-corrected chi connectivity index (χ2v) is 6.03. The third-order valence-electron chi connectivity index (χ3n) is 2.97. The van der Waals surface area contributed by atoms with Crippen LogP contribution in [0.1, 0.15) is 40.0 Å². The topological polar surface area (TPSA) is 61.4 Å². The van der Waals surface area contributed by atoms with E-state index >= 15 is 0 Å².